The Bertz CT molecular complexity index is 1300. The topological polar surface area (TPSA) is 202 Å². The van der Waals surface area contributed by atoms with Crippen LogP contribution in [0.15, 0.2) is 46.7 Å². The lowest BCUT2D eigenvalue weighted by Crippen LogP contribution is -2.71. The smallest absolute Gasteiger partial charge is 0.352 e. The number of oxime groups is 1. The summed E-state index contributed by atoms with van der Waals surface area (Å²) in [5.74, 6) is -1.84. The molecular formula is C21H25N8O6S2+. The van der Waals surface area contributed by atoms with E-state index in [2.05, 4.69) is 22.0 Å². The molecule has 4 rings (SSSR count). The number of thioether (sulfide) groups is 1. The van der Waals surface area contributed by atoms with Gasteiger partial charge < -0.3 is 31.8 Å². The van der Waals surface area contributed by atoms with Gasteiger partial charge in [0, 0.05) is 16.7 Å². The van der Waals surface area contributed by atoms with Gasteiger partial charge in [-0.2, -0.15) is 0 Å². The minimum Gasteiger partial charge on any atom is -0.477 e. The number of carbonyl (C=O) groups excluding carboxylic acids is 2. The van der Waals surface area contributed by atoms with Crippen LogP contribution in [0.5, 0.6) is 0 Å². The van der Waals surface area contributed by atoms with Crippen LogP contribution in [-0.2, 0) is 32.3 Å². The van der Waals surface area contributed by atoms with Crippen LogP contribution in [-0.4, -0.2) is 78.7 Å². The molecule has 0 aromatic carbocycles. The summed E-state index contributed by atoms with van der Waals surface area (Å²) in [4.78, 5) is 48.6. The molecule has 2 atom stereocenters. The van der Waals surface area contributed by atoms with Crippen LogP contribution in [0.4, 0.5) is 10.9 Å². The molecule has 0 spiro atoms. The zero-order chi connectivity index (χ0) is 26.7. The number of β-lactam (4-membered cyclic amide) rings is 1. The van der Waals surface area contributed by atoms with Gasteiger partial charge in [0.2, 0.25) is 0 Å². The van der Waals surface area contributed by atoms with Crippen molar-refractivity contribution in [3.8, 4) is 0 Å². The van der Waals surface area contributed by atoms with Crippen LogP contribution < -0.4 is 21.5 Å². The van der Waals surface area contributed by atoms with E-state index in [1.54, 1.807) is 21.6 Å². The van der Waals surface area contributed by atoms with Crippen LogP contribution in [0, 0.1) is 0 Å². The Labute approximate surface area is 218 Å². The third-order valence-corrected chi connectivity index (χ3v) is 7.57. The Morgan fingerprint density at radius 1 is 1.43 bits per heavy atom. The lowest BCUT2D eigenvalue weighted by molar-refractivity contribution is -0.767. The van der Waals surface area contributed by atoms with E-state index in [0.29, 0.717) is 17.1 Å². The molecule has 1 fully saturated rings. The molecule has 1 saturated heterocycles. The van der Waals surface area contributed by atoms with Crippen molar-refractivity contribution in [2.45, 2.75) is 24.5 Å². The van der Waals surface area contributed by atoms with E-state index >= 15 is 0 Å². The monoisotopic (exact) mass is 549 g/mol. The molecule has 0 aliphatic carbocycles. The minimum absolute atomic E-state index is 0.0475. The lowest BCUT2D eigenvalue weighted by Gasteiger charge is -2.49. The Morgan fingerprint density at radius 2 is 2.22 bits per heavy atom. The van der Waals surface area contributed by atoms with Crippen molar-refractivity contribution in [2.75, 3.05) is 30.4 Å². The highest BCUT2D eigenvalue weighted by Crippen LogP contribution is 2.40. The zero-order valence-corrected chi connectivity index (χ0v) is 21.1. The van der Waals surface area contributed by atoms with E-state index in [9.17, 15) is 24.6 Å². The van der Waals surface area contributed by atoms with Gasteiger partial charge in [-0.15, -0.1) is 32.5 Å². The number of aliphatic hydroxyl groups is 1. The second-order valence-electron chi connectivity index (χ2n) is 7.90. The quantitative estimate of drug-likeness (QED) is 0.0562. The molecule has 4 heterocycles. The number of carboxylic acids is 1. The fraction of sp³-hybridized carbons (Fsp3) is 0.333. The standard InChI is InChI=1S/C21H24N8O6S2/c1-2-7-35-26-14(12-10-37-21(23)24-12)17(31)25-15-18(32)29-16(20(33)34)11(9-36-19(15)29)8-27-4-3-13(22)28(27)5-6-30/h2-4,10,15,19,22,30H,1,5-9H2,(H4,23,24,25,31,33,34)/p+1/t15-,19-/m1/s1. The first-order valence-electron chi connectivity index (χ1n) is 11.0. The summed E-state index contributed by atoms with van der Waals surface area (Å²) in [6.45, 7) is 3.80. The third kappa shape index (κ3) is 5.16. The molecule has 0 saturated carbocycles. The van der Waals surface area contributed by atoms with Crippen LogP contribution in [0.3, 0.4) is 0 Å². The molecule has 0 bridgehead atoms. The molecule has 2 amide bonds. The number of rotatable bonds is 11. The molecule has 0 radical (unpaired) electrons. The number of nitrogens with one attached hydrogen (secondary N) is 1. The number of amides is 2. The number of nitrogen functional groups attached to an aromatic ring is 2. The average Bonchev–Trinajstić information content (AvgIpc) is 3.45. The molecule has 2 aromatic rings. The summed E-state index contributed by atoms with van der Waals surface area (Å²) in [6.07, 6.45) is 3.13. The molecule has 196 valence electrons. The summed E-state index contributed by atoms with van der Waals surface area (Å²) in [5, 5.41) is 26.8. The number of aromatic nitrogens is 3. The molecule has 2 aromatic heterocycles. The van der Waals surface area contributed by atoms with Crippen molar-refractivity contribution in [1.29, 1.82) is 0 Å². The lowest BCUT2D eigenvalue weighted by atomic mass is 10.0. The van der Waals surface area contributed by atoms with E-state index in [1.807, 2.05) is 0 Å². The van der Waals surface area contributed by atoms with Crippen LogP contribution in [0.2, 0.25) is 0 Å². The molecule has 14 nitrogen and oxygen atoms in total. The molecule has 16 heteroatoms. The Morgan fingerprint density at radius 3 is 2.86 bits per heavy atom. The summed E-state index contributed by atoms with van der Waals surface area (Å²) in [6, 6.07) is 0.666. The van der Waals surface area contributed by atoms with Gasteiger partial charge in [-0.3, -0.25) is 14.5 Å². The predicted molar refractivity (Wildman–Crippen MR) is 135 cm³/mol. The highest BCUT2D eigenvalue weighted by Gasteiger charge is 2.55. The molecule has 0 unspecified atom stereocenters. The van der Waals surface area contributed by atoms with Crippen molar-refractivity contribution in [3.05, 3.63) is 47.3 Å². The fourth-order valence-corrected chi connectivity index (χ4v) is 5.82. The molecule has 7 N–H and O–H groups in total. The highest BCUT2D eigenvalue weighted by atomic mass is 32.2. The first kappa shape index (κ1) is 26.2. The van der Waals surface area contributed by atoms with Crippen molar-refractivity contribution in [2.24, 2.45) is 5.16 Å². The first-order valence-corrected chi connectivity index (χ1v) is 12.9. The molecule has 2 aliphatic heterocycles. The van der Waals surface area contributed by atoms with E-state index in [0.717, 1.165) is 11.3 Å². The van der Waals surface area contributed by atoms with Gasteiger partial charge in [-0.05, 0) is 0 Å². The van der Waals surface area contributed by atoms with E-state index in [4.69, 9.17) is 16.3 Å². The SMILES string of the molecule is C=CCON=C(C(=O)N[C@@H]1C(=O)N2C(C(=O)O)=C(C[n+]3ccc(N)n3CCO)CS[C@H]12)c1csc(N)n1. The normalized spacial score (nSPS) is 19.3. The number of aliphatic carboxylic acids is 1. The fourth-order valence-electron chi connectivity index (χ4n) is 3.93. The van der Waals surface area contributed by atoms with Crippen molar-refractivity contribution < 1.29 is 34.1 Å². The maximum atomic E-state index is 13.1. The van der Waals surface area contributed by atoms with Crippen LogP contribution in [0.25, 0.3) is 0 Å². The maximum Gasteiger partial charge on any atom is 0.352 e. The van der Waals surface area contributed by atoms with Gasteiger partial charge in [0.1, 0.15) is 36.0 Å². The van der Waals surface area contributed by atoms with E-state index in [1.165, 1.54) is 28.1 Å². The molecule has 37 heavy (non-hydrogen) atoms. The number of aliphatic hydroxyl groups excluding tert-OH is 1. The highest BCUT2D eigenvalue weighted by molar-refractivity contribution is 8.00. The number of hydrogen-bond donors (Lipinski definition) is 5. The molecule has 2 aliphatic rings. The third-order valence-electron chi connectivity index (χ3n) is 5.55. The second kappa shape index (κ2) is 11.0. The Balaban J connectivity index is 1.54. The second-order valence-corrected chi connectivity index (χ2v) is 9.89. The number of carboxylic acid groups (broad SMARTS) is 1. The number of hydrogen-bond acceptors (Lipinski definition) is 11. The van der Waals surface area contributed by atoms with Gasteiger partial charge in [-0.1, -0.05) is 17.8 Å². The van der Waals surface area contributed by atoms with Gasteiger partial charge in [0.15, 0.2) is 29.4 Å². The number of nitrogens with zero attached hydrogens (tertiary/aromatic N) is 5. The minimum atomic E-state index is -1.26. The largest absolute Gasteiger partial charge is 0.477 e. The van der Waals surface area contributed by atoms with Crippen molar-refractivity contribution in [1.82, 2.24) is 19.9 Å². The number of nitrogens with two attached hydrogens (primary N) is 2. The Kier molecular flexibility index (Phi) is 7.80. The van der Waals surface area contributed by atoms with Gasteiger partial charge in [0.25, 0.3) is 11.8 Å². The summed E-state index contributed by atoms with van der Waals surface area (Å²) in [5.41, 5.74) is 12.0. The number of anilines is 2. The van der Waals surface area contributed by atoms with Crippen molar-refractivity contribution >= 4 is 57.5 Å². The average molecular weight is 550 g/mol. The summed E-state index contributed by atoms with van der Waals surface area (Å²) in [7, 11) is 0. The number of carbonyl (C=O) groups is 3. The predicted octanol–water partition coefficient (Wildman–Crippen LogP) is -1.27. The molecular weight excluding hydrogens is 524 g/mol. The van der Waals surface area contributed by atoms with Gasteiger partial charge in [-0.25, -0.2) is 9.78 Å². The Hall–Kier alpha value is -3.89. The zero-order valence-electron chi connectivity index (χ0n) is 19.4. The number of fused-ring (bicyclic) bond motifs is 1. The van der Waals surface area contributed by atoms with Crippen LogP contribution >= 0.6 is 23.1 Å². The van der Waals surface area contributed by atoms with Gasteiger partial charge >= 0.3 is 5.97 Å². The van der Waals surface area contributed by atoms with E-state index < -0.39 is 29.2 Å². The van der Waals surface area contributed by atoms with E-state index in [-0.39, 0.29) is 48.5 Å². The number of thiazole rings is 1. The first-order chi connectivity index (χ1) is 17.8. The van der Waals surface area contributed by atoms with Crippen LogP contribution in [0.1, 0.15) is 5.69 Å². The van der Waals surface area contributed by atoms with Gasteiger partial charge in [0.05, 0.1) is 12.7 Å². The maximum absolute atomic E-state index is 13.1. The summed E-state index contributed by atoms with van der Waals surface area (Å²) < 4.78 is 3.30. The van der Waals surface area contributed by atoms with Crippen molar-refractivity contribution in [3.63, 3.8) is 0 Å². The summed E-state index contributed by atoms with van der Waals surface area (Å²) >= 11 is 2.43.